The Balaban J connectivity index is 2.27. The molecular weight excluding hydrogens is 209 g/mol. The SMILES string of the molecule is CN1CCOCCN1c1ccc(N)cc1F. The summed E-state index contributed by atoms with van der Waals surface area (Å²) in [4.78, 5) is 0. The molecular formula is C11H16FN3O. The molecule has 88 valence electrons. The van der Waals surface area contributed by atoms with Gasteiger partial charge in [-0.25, -0.2) is 9.40 Å². The van der Waals surface area contributed by atoms with Gasteiger partial charge < -0.3 is 15.5 Å². The molecule has 0 unspecified atom stereocenters. The average Bonchev–Trinajstić information content (AvgIpc) is 2.44. The first-order valence-electron chi connectivity index (χ1n) is 5.30. The Hall–Kier alpha value is -1.33. The fourth-order valence-corrected chi connectivity index (χ4v) is 1.78. The fourth-order valence-electron chi connectivity index (χ4n) is 1.78. The lowest BCUT2D eigenvalue weighted by Gasteiger charge is -2.31. The summed E-state index contributed by atoms with van der Waals surface area (Å²) in [6.45, 7) is 2.68. The number of nitrogens with two attached hydrogens (primary N) is 1. The maximum Gasteiger partial charge on any atom is 0.149 e. The monoisotopic (exact) mass is 225 g/mol. The van der Waals surface area contributed by atoms with Gasteiger partial charge in [-0.05, 0) is 18.2 Å². The predicted molar refractivity (Wildman–Crippen MR) is 61.6 cm³/mol. The number of hydrogen-bond acceptors (Lipinski definition) is 4. The Labute approximate surface area is 94.4 Å². The van der Waals surface area contributed by atoms with E-state index in [1.807, 2.05) is 17.1 Å². The zero-order chi connectivity index (χ0) is 11.5. The lowest BCUT2D eigenvalue weighted by atomic mass is 10.2. The van der Waals surface area contributed by atoms with Crippen molar-refractivity contribution in [3.63, 3.8) is 0 Å². The Morgan fingerprint density at radius 1 is 1.31 bits per heavy atom. The third-order valence-electron chi connectivity index (χ3n) is 2.67. The van der Waals surface area contributed by atoms with Gasteiger partial charge >= 0.3 is 0 Å². The number of rotatable bonds is 1. The van der Waals surface area contributed by atoms with Gasteiger partial charge in [-0.15, -0.1) is 0 Å². The number of likely N-dealkylation sites (N-methyl/N-ethyl adjacent to an activating group) is 1. The number of nitrogens with zero attached hydrogens (tertiary/aromatic N) is 2. The smallest absolute Gasteiger partial charge is 0.149 e. The minimum Gasteiger partial charge on any atom is -0.399 e. The molecule has 0 aliphatic carbocycles. The van der Waals surface area contributed by atoms with E-state index in [0.717, 1.165) is 6.54 Å². The summed E-state index contributed by atoms with van der Waals surface area (Å²) in [5.41, 5.74) is 6.51. The van der Waals surface area contributed by atoms with Crippen LogP contribution in [0.4, 0.5) is 15.8 Å². The first kappa shape index (κ1) is 11.2. The first-order chi connectivity index (χ1) is 7.68. The molecule has 1 aliphatic rings. The lowest BCUT2D eigenvalue weighted by molar-refractivity contribution is 0.149. The number of halogens is 1. The van der Waals surface area contributed by atoms with Crippen molar-refractivity contribution in [2.75, 3.05) is 44.1 Å². The highest BCUT2D eigenvalue weighted by Gasteiger charge is 2.18. The number of anilines is 2. The maximum atomic E-state index is 13.8. The molecule has 0 spiro atoms. The zero-order valence-electron chi connectivity index (χ0n) is 9.32. The van der Waals surface area contributed by atoms with Crippen LogP contribution >= 0.6 is 0 Å². The summed E-state index contributed by atoms with van der Waals surface area (Å²) >= 11 is 0. The predicted octanol–water partition coefficient (Wildman–Crippen LogP) is 1.09. The summed E-state index contributed by atoms with van der Waals surface area (Å²) in [5, 5.41) is 3.84. The van der Waals surface area contributed by atoms with Crippen LogP contribution in [0.5, 0.6) is 0 Å². The Kier molecular flexibility index (Phi) is 3.26. The van der Waals surface area contributed by atoms with E-state index in [4.69, 9.17) is 10.5 Å². The van der Waals surface area contributed by atoms with Gasteiger partial charge in [0.25, 0.3) is 0 Å². The second-order valence-corrected chi connectivity index (χ2v) is 3.83. The van der Waals surface area contributed by atoms with E-state index in [1.54, 1.807) is 12.1 Å². The average molecular weight is 225 g/mol. The summed E-state index contributed by atoms with van der Waals surface area (Å²) in [6, 6.07) is 4.75. The van der Waals surface area contributed by atoms with Gasteiger partial charge in [0.15, 0.2) is 0 Å². The van der Waals surface area contributed by atoms with Gasteiger partial charge in [-0.1, -0.05) is 0 Å². The molecule has 0 aromatic heterocycles. The van der Waals surface area contributed by atoms with E-state index < -0.39 is 0 Å². The standard InChI is InChI=1S/C11H16FN3O/c1-14-4-6-16-7-5-15(14)11-3-2-9(13)8-10(11)12/h2-3,8H,4-7,13H2,1H3. The van der Waals surface area contributed by atoms with Crippen molar-refractivity contribution in [1.82, 2.24) is 5.01 Å². The van der Waals surface area contributed by atoms with Crippen molar-refractivity contribution in [2.45, 2.75) is 0 Å². The molecule has 16 heavy (non-hydrogen) atoms. The van der Waals surface area contributed by atoms with E-state index in [2.05, 4.69) is 0 Å². The van der Waals surface area contributed by atoms with Crippen molar-refractivity contribution in [2.24, 2.45) is 0 Å². The number of ether oxygens (including phenoxy) is 1. The van der Waals surface area contributed by atoms with Crippen LogP contribution in [0.2, 0.25) is 0 Å². The molecule has 0 saturated carbocycles. The van der Waals surface area contributed by atoms with Crippen molar-refractivity contribution < 1.29 is 9.13 Å². The second kappa shape index (κ2) is 4.67. The molecule has 1 aromatic rings. The topological polar surface area (TPSA) is 41.7 Å². The lowest BCUT2D eigenvalue weighted by Crippen LogP contribution is -2.41. The molecule has 0 bridgehead atoms. The van der Waals surface area contributed by atoms with Crippen LogP contribution in [0.15, 0.2) is 18.2 Å². The van der Waals surface area contributed by atoms with Crippen LogP contribution in [0.3, 0.4) is 0 Å². The molecule has 5 heteroatoms. The van der Waals surface area contributed by atoms with E-state index in [0.29, 0.717) is 31.1 Å². The number of hydrazine groups is 1. The molecule has 0 atom stereocenters. The molecule has 1 aliphatic heterocycles. The van der Waals surface area contributed by atoms with E-state index in [9.17, 15) is 4.39 Å². The summed E-state index contributed by atoms with van der Waals surface area (Å²) in [5.74, 6) is -0.297. The first-order valence-corrected chi connectivity index (χ1v) is 5.30. The molecule has 2 rings (SSSR count). The Bertz CT molecular complexity index is 372. The highest BCUT2D eigenvalue weighted by atomic mass is 19.1. The van der Waals surface area contributed by atoms with Crippen molar-refractivity contribution in [3.8, 4) is 0 Å². The van der Waals surface area contributed by atoms with Gasteiger partial charge in [-0.2, -0.15) is 0 Å². The van der Waals surface area contributed by atoms with E-state index >= 15 is 0 Å². The minimum atomic E-state index is -0.297. The molecule has 1 saturated heterocycles. The summed E-state index contributed by atoms with van der Waals surface area (Å²) in [6.07, 6.45) is 0. The van der Waals surface area contributed by atoms with Gasteiger partial charge in [0.1, 0.15) is 5.82 Å². The number of benzene rings is 1. The third-order valence-corrected chi connectivity index (χ3v) is 2.67. The highest BCUT2D eigenvalue weighted by molar-refractivity contribution is 5.53. The van der Waals surface area contributed by atoms with E-state index in [1.165, 1.54) is 6.07 Å². The quantitative estimate of drug-likeness (QED) is 0.726. The van der Waals surface area contributed by atoms with Crippen LogP contribution in [0.1, 0.15) is 0 Å². The molecule has 0 amide bonds. The van der Waals surface area contributed by atoms with Crippen LogP contribution < -0.4 is 10.7 Å². The number of nitrogen functional groups attached to an aromatic ring is 1. The van der Waals surface area contributed by atoms with Crippen LogP contribution in [0, 0.1) is 5.82 Å². The minimum absolute atomic E-state index is 0.297. The van der Waals surface area contributed by atoms with Crippen LogP contribution in [-0.2, 0) is 4.74 Å². The second-order valence-electron chi connectivity index (χ2n) is 3.83. The molecule has 2 N–H and O–H groups in total. The van der Waals surface area contributed by atoms with E-state index in [-0.39, 0.29) is 5.82 Å². The third kappa shape index (κ3) is 2.25. The Morgan fingerprint density at radius 3 is 2.81 bits per heavy atom. The highest BCUT2D eigenvalue weighted by Crippen LogP contribution is 2.23. The zero-order valence-corrected chi connectivity index (χ0v) is 9.32. The van der Waals surface area contributed by atoms with Gasteiger partial charge in [0.2, 0.25) is 0 Å². The fraction of sp³-hybridized carbons (Fsp3) is 0.455. The molecule has 0 radical (unpaired) electrons. The van der Waals surface area contributed by atoms with Gasteiger partial charge in [0.05, 0.1) is 25.4 Å². The Morgan fingerprint density at radius 2 is 2.06 bits per heavy atom. The number of hydrogen-bond donors (Lipinski definition) is 1. The van der Waals surface area contributed by atoms with Gasteiger partial charge in [-0.3, -0.25) is 0 Å². The normalized spacial score (nSPS) is 18.5. The summed E-state index contributed by atoms with van der Waals surface area (Å²) < 4.78 is 19.1. The largest absolute Gasteiger partial charge is 0.399 e. The molecule has 1 fully saturated rings. The molecule has 1 aromatic carbocycles. The van der Waals surface area contributed by atoms with Crippen LogP contribution in [0.25, 0.3) is 0 Å². The molecule has 4 nitrogen and oxygen atoms in total. The van der Waals surface area contributed by atoms with Crippen molar-refractivity contribution in [1.29, 1.82) is 0 Å². The van der Waals surface area contributed by atoms with Gasteiger partial charge in [0, 0.05) is 19.3 Å². The maximum absolute atomic E-state index is 13.8. The van der Waals surface area contributed by atoms with Crippen LogP contribution in [-0.4, -0.2) is 38.4 Å². The molecule has 1 heterocycles. The van der Waals surface area contributed by atoms with Crippen molar-refractivity contribution in [3.05, 3.63) is 24.0 Å². The van der Waals surface area contributed by atoms with Crippen molar-refractivity contribution >= 4 is 11.4 Å². The summed E-state index contributed by atoms with van der Waals surface area (Å²) in [7, 11) is 1.92.